The first kappa shape index (κ1) is 12.7. The van der Waals surface area contributed by atoms with Crippen LogP contribution in [0.2, 0.25) is 0 Å². The summed E-state index contributed by atoms with van der Waals surface area (Å²) < 4.78 is 16.1. The highest BCUT2D eigenvalue weighted by Gasteiger charge is 2.39. The lowest BCUT2D eigenvalue weighted by atomic mass is 10.2. The number of hydrogen-bond acceptors (Lipinski definition) is 5. The van der Waals surface area contributed by atoms with Gasteiger partial charge in [0.2, 0.25) is 6.29 Å². The molecule has 1 aliphatic heterocycles. The van der Waals surface area contributed by atoms with E-state index in [1.165, 1.54) is 13.8 Å². The molecule has 1 fully saturated rings. The molecule has 0 aromatic heterocycles. The van der Waals surface area contributed by atoms with E-state index in [0.717, 1.165) is 4.43 Å². The SMILES string of the molecule is CC(=O)OC1O[C@H](CI)C[C@H]1OC(C)=O. The van der Waals surface area contributed by atoms with Crippen molar-refractivity contribution < 1.29 is 23.8 Å². The fourth-order valence-corrected chi connectivity index (χ4v) is 1.95. The zero-order valence-corrected chi connectivity index (χ0v) is 10.7. The lowest BCUT2D eigenvalue weighted by Gasteiger charge is -2.17. The average molecular weight is 328 g/mol. The highest BCUT2D eigenvalue weighted by atomic mass is 127. The van der Waals surface area contributed by atoms with Gasteiger partial charge in [-0.15, -0.1) is 0 Å². The van der Waals surface area contributed by atoms with Gasteiger partial charge in [-0.2, -0.15) is 0 Å². The van der Waals surface area contributed by atoms with Crippen LogP contribution in [0.25, 0.3) is 0 Å². The summed E-state index contributed by atoms with van der Waals surface area (Å²) in [4.78, 5) is 21.6. The average Bonchev–Trinajstić information content (AvgIpc) is 2.46. The third kappa shape index (κ3) is 3.94. The maximum absolute atomic E-state index is 10.8. The van der Waals surface area contributed by atoms with Crippen molar-refractivity contribution in [2.45, 2.75) is 38.8 Å². The molecule has 86 valence electrons. The van der Waals surface area contributed by atoms with Gasteiger partial charge in [-0.05, 0) is 0 Å². The second kappa shape index (κ2) is 5.64. The Kier molecular flexibility index (Phi) is 4.78. The highest BCUT2D eigenvalue weighted by molar-refractivity contribution is 14.1. The van der Waals surface area contributed by atoms with Crippen molar-refractivity contribution >= 4 is 34.5 Å². The van der Waals surface area contributed by atoms with Crippen LogP contribution in [0.15, 0.2) is 0 Å². The minimum atomic E-state index is -0.758. The van der Waals surface area contributed by atoms with Crippen molar-refractivity contribution in [1.29, 1.82) is 0 Å². The number of carbonyl (C=O) groups excluding carboxylic acids is 2. The second-order valence-electron chi connectivity index (χ2n) is 3.27. The van der Waals surface area contributed by atoms with Gasteiger partial charge in [-0.3, -0.25) is 9.59 Å². The van der Waals surface area contributed by atoms with Crippen LogP contribution in [0.4, 0.5) is 0 Å². The molecule has 0 aliphatic carbocycles. The zero-order chi connectivity index (χ0) is 11.4. The van der Waals surface area contributed by atoms with Crippen LogP contribution >= 0.6 is 22.6 Å². The Balaban J connectivity index is 2.56. The van der Waals surface area contributed by atoms with Gasteiger partial charge in [0, 0.05) is 24.7 Å². The summed E-state index contributed by atoms with van der Waals surface area (Å²) in [6.07, 6.45) is -0.697. The van der Waals surface area contributed by atoms with Crippen molar-refractivity contribution in [3.05, 3.63) is 0 Å². The smallest absolute Gasteiger partial charge is 0.305 e. The Morgan fingerprint density at radius 2 is 1.93 bits per heavy atom. The van der Waals surface area contributed by atoms with E-state index in [2.05, 4.69) is 22.6 Å². The molecule has 3 atom stereocenters. The third-order valence-corrected chi connectivity index (χ3v) is 2.88. The molecule has 1 aliphatic rings. The Hall–Kier alpha value is -0.370. The largest absolute Gasteiger partial charge is 0.456 e. The molecule has 6 heteroatoms. The third-order valence-electron chi connectivity index (χ3n) is 1.90. The molecule has 1 unspecified atom stereocenters. The maximum atomic E-state index is 10.8. The first-order valence-corrected chi connectivity index (χ1v) is 6.11. The highest BCUT2D eigenvalue weighted by Crippen LogP contribution is 2.25. The Bertz CT molecular complexity index is 231. The van der Waals surface area contributed by atoms with E-state index in [9.17, 15) is 9.59 Å². The van der Waals surface area contributed by atoms with Gasteiger partial charge in [-0.25, -0.2) is 0 Å². The van der Waals surface area contributed by atoms with Crippen LogP contribution in [0.5, 0.6) is 0 Å². The van der Waals surface area contributed by atoms with Gasteiger partial charge >= 0.3 is 11.9 Å². The van der Waals surface area contributed by atoms with Crippen molar-refractivity contribution in [2.75, 3.05) is 4.43 Å². The topological polar surface area (TPSA) is 61.8 Å². The summed E-state index contributed by atoms with van der Waals surface area (Å²) >= 11 is 2.17. The molecule has 5 nitrogen and oxygen atoms in total. The predicted molar refractivity (Wildman–Crippen MR) is 59.5 cm³/mol. The van der Waals surface area contributed by atoms with E-state index in [0.29, 0.717) is 6.42 Å². The van der Waals surface area contributed by atoms with Crippen LogP contribution in [0, 0.1) is 0 Å². The van der Waals surface area contributed by atoms with Crippen molar-refractivity contribution in [2.24, 2.45) is 0 Å². The van der Waals surface area contributed by atoms with Gasteiger partial charge in [0.1, 0.15) is 0 Å². The summed E-state index contributed by atoms with van der Waals surface area (Å²) in [6, 6.07) is 0. The summed E-state index contributed by atoms with van der Waals surface area (Å²) in [5.41, 5.74) is 0. The molecule has 0 amide bonds. The van der Waals surface area contributed by atoms with Crippen LogP contribution in [-0.2, 0) is 23.8 Å². The molecule has 0 bridgehead atoms. The number of rotatable bonds is 3. The molecule has 0 saturated carbocycles. The van der Waals surface area contributed by atoms with Crippen LogP contribution in [0.1, 0.15) is 20.3 Å². The molecule has 0 radical (unpaired) electrons. The van der Waals surface area contributed by atoms with E-state index >= 15 is 0 Å². The first-order chi connectivity index (χ1) is 7.02. The van der Waals surface area contributed by atoms with Gasteiger partial charge < -0.3 is 14.2 Å². The van der Waals surface area contributed by atoms with Crippen LogP contribution in [0.3, 0.4) is 0 Å². The van der Waals surface area contributed by atoms with Gasteiger partial charge in [0.25, 0.3) is 0 Å². The lowest BCUT2D eigenvalue weighted by molar-refractivity contribution is -0.192. The first-order valence-electron chi connectivity index (χ1n) is 4.58. The summed E-state index contributed by atoms with van der Waals surface area (Å²) in [5.74, 6) is -0.832. The summed E-state index contributed by atoms with van der Waals surface area (Å²) in [6.45, 7) is 2.62. The number of carbonyl (C=O) groups is 2. The molecule has 1 rings (SSSR count). The van der Waals surface area contributed by atoms with Crippen molar-refractivity contribution in [3.8, 4) is 0 Å². The fourth-order valence-electron chi connectivity index (χ4n) is 1.39. The van der Waals surface area contributed by atoms with E-state index < -0.39 is 24.3 Å². The van der Waals surface area contributed by atoms with Gasteiger partial charge in [0.15, 0.2) is 6.10 Å². The normalized spacial score (nSPS) is 29.9. The number of esters is 2. The standard InChI is InChI=1S/C9H13IO5/c1-5(11)13-8-3-7(4-10)15-9(8)14-6(2)12/h7-9H,3-4H2,1-2H3/t7-,8+,9?/m0/s1. The Labute approximate surface area is 102 Å². The number of ether oxygens (including phenoxy) is 3. The van der Waals surface area contributed by atoms with E-state index in [1.807, 2.05) is 0 Å². The zero-order valence-electron chi connectivity index (χ0n) is 8.57. The lowest BCUT2D eigenvalue weighted by Crippen LogP contribution is -2.30. The molecular formula is C9H13IO5. The molecular weight excluding hydrogens is 315 g/mol. The van der Waals surface area contributed by atoms with Crippen LogP contribution < -0.4 is 0 Å². The maximum Gasteiger partial charge on any atom is 0.305 e. The van der Waals surface area contributed by atoms with Gasteiger partial charge in [-0.1, -0.05) is 22.6 Å². The van der Waals surface area contributed by atoms with E-state index in [4.69, 9.17) is 14.2 Å². The number of hydrogen-bond donors (Lipinski definition) is 0. The number of alkyl halides is 1. The summed E-state index contributed by atoms with van der Waals surface area (Å²) in [7, 11) is 0. The quantitative estimate of drug-likeness (QED) is 0.440. The molecule has 0 aromatic carbocycles. The van der Waals surface area contributed by atoms with Gasteiger partial charge in [0.05, 0.1) is 6.10 Å². The number of halogens is 1. The molecule has 0 aromatic rings. The molecule has 0 N–H and O–H groups in total. The molecule has 1 heterocycles. The fraction of sp³-hybridized carbons (Fsp3) is 0.778. The van der Waals surface area contributed by atoms with Crippen LogP contribution in [-0.4, -0.2) is 34.9 Å². The van der Waals surface area contributed by atoms with Crippen molar-refractivity contribution in [1.82, 2.24) is 0 Å². The molecule has 15 heavy (non-hydrogen) atoms. The predicted octanol–water partition coefficient (Wildman–Crippen LogP) is 1.03. The van der Waals surface area contributed by atoms with E-state index in [1.54, 1.807) is 0 Å². The Morgan fingerprint density at radius 1 is 1.33 bits per heavy atom. The minimum absolute atomic E-state index is 0.0284. The van der Waals surface area contributed by atoms with E-state index in [-0.39, 0.29) is 6.10 Å². The molecule has 1 saturated heterocycles. The Morgan fingerprint density at radius 3 is 2.40 bits per heavy atom. The second-order valence-corrected chi connectivity index (χ2v) is 4.15. The summed E-state index contributed by atoms with van der Waals surface area (Å²) in [5, 5.41) is 0. The minimum Gasteiger partial charge on any atom is -0.456 e. The molecule has 0 spiro atoms. The van der Waals surface area contributed by atoms with Crippen molar-refractivity contribution in [3.63, 3.8) is 0 Å². The monoisotopic (exact) mass is 328 g/mol.